The molecule has 0 amide bonds. The second kappa shape index (κ2) is 26.4. The van der Waals surface area contributed by atoms with Crippen molar-refractivity contribution in [2.24, 2.45) is 0 Å². The maximum atomic E-state index is 9.94. The van der Waals surface area contributed by atoms with E-state index in [2.05, 4.69) is 337 Å². The average Bonchev–Trinajstić information content (AvgIpc) is 1.52. The van der Waals surface area contributed by atoms with Crippen LogP contribution in [0.5, 0.6) is 0 Å². The summed E-state index contributed by atoms with van der Waals surface area (Å²) >= 11 is 4.01. The van der Waals surface area contributed by atoms with Gasteiger partial charge in [0.05, 0.1) is 10.8 Å². The molecule has 1 heterocycles. The highest BCUT2D eigenvalue weighted by Crippen LogP contribution is 2.63. The van der Waals surface area contributed by atoms with Gasteiger partial charge >= 0.3 is 7.12 Å². The van der Waals surface area contributed by atoms with Crippen molar-refractivity contribution in [2.75, 3.05) is 0 Å². The van der Waals surface area contributed by atoms with Crippen LogP contribution in [0, 0.1) is 0 Å². The zero-order valence-electron chi connectivity index (χ0n) is 58.9. The third kappa shape index (κ3) is 9.89. The number of halogens is 1. The lowest BCUT2D eigenvalue weighted by atomic mass is 9.67. The lowest BCUT2D eigenvalue weighted by Gasteiger charge is -2.34. The fraction of sp³-hybridized carbons (Fsp3) is 0.0291. The summed E-state index contributed by atoms with van der Waals surface area (Å²) in [7, 11) is -1.50. The predicted octanol–water partition coefficient (Wildman–Crippen LogP) is 25.3. The molecule has 0 atom stereocenters. The molecule has 108 heavy (non-hydrogen) atoms. The second-order valence-electron chi connectivity index (χ2n) is 28.5. The minimum absolute atomic E-state index is 0.346. The smallest absolute Gasteiger partial charge is 0.455 e. The Hall–Kier alpha value is -12.7. The van der Waals surface area contributed by atoms with E-state index in [1.54, 1.807) is 0 Å². The highest BCUT2D eigenvalue weighted by Gasteiger charge is 2.50. The maximum absolute atomic E-state index is 9.94. The lowest BCUT2D eigenvalue weighted by Crippen LogP contribution is -2.31. The van der Waals surface area contributed by atoms with E-state index in [1.807, 2.05) is 66.7 Å². The molecule has 0 saturated carbocycles. The molecule has 3 aliphatic carbocycles. The number of hydrogen-bond donors (Lipinski definition) is 2. The highest BCUT2D eigenvalue weighted by atomic mass is 79.9. The Labute approximate surface area is 635 Å². The summed E-state index contributed by atoms with van der Waals surface area (Å²) in [6.45, 7) is 0. The zero-order chi connectivity index (χ0) is 72.0. The molecule has 1 aromatic heterocycles. The van der Waals surface area contributed by atoms with E-state index in [-0.39, 0.29) is 5.41 Å². The Bertz CT molecular complexity index is 6540. The normalized spacial score (nSPS) is 13.1. The van der Waals surface area contributed by atoms with Gasteiger partial charge in [-0.1, -0.05) is 386 Å². The van der Waals surface area contributed by atoms with Crippen LogP contribution >= 0.6 is 15.9 Å². The van der Waals surface area contributed by atoms with Gasteiger partial charge < -0.3 is 14.5 Å². The molecule has 0 radical (unpaired) electrons. The fourth-order valence-electron chi connectivity index (χ4n) is 18.9. The molecule has 0 fully saturated rings. The van der Waals surface area contributed by atoms with Gasteiger partial charge in [0, 0.05) is 26.4 Å². The molecule has 3 nitrogen and oxygen atoms in total. The van der Waals surface area contributed by atoms with Gasteiger partial charge in [0.1, 0.15) is 11.2 Å². The van der Waals surface area contributed by atoms with Crippen LogP contribution < -0.4 is 5.46 Å². The molecular formula is C103H68BBrO3. The summed E-state index contributed by atoms with van der Waals surface area (Å²) in [4.78, 5) is 0. The third-order valence-corrected chi connectivity index (χ3v) is 23.7. The van der Waals surface area contributed by atoms with Crippen molar-refractivity contribution in [1.29, 1.82) is 0 Å². The molecule has 0 saturated heterocycles. The molecule has 0 spiro atoms. The Morgan fingerprint density at radius 2 is 0.620 bits per heavy atom. The Morgan fingerprint density at radius 1 is 0.278 bits per heavy atom. The molecule has 22 rings (SSSR count). The van der Waals surface area contributed by atoms with Crippen LogP contribution in [0.4, 0.5) is 0 Å². The van der Waals surface area contributed by atoms with Crippen molar-refractivity contribution in [2.45, 2.75) is 17.3 Å². The molecule has 3 aliphatic rings. The van der Waals surface area contributed by atoms with Gasteiger partial charge in [0.2, 0.25) is 0 Å². The first kappa shape index (κ1) is 64.8. The van der Waals surface area contributed by atoms with Crippen molar-refractivity contribution in [1.82, 2.24) is 0 Å². The van der Waals surface area contributed by atoms with Gasteiger partial charge in [0.25, 0.3) is 0 Å². The molecule has 0 unspecified atom stereocenters. The largest absolute Gasteiger partial charge is 0.489 e. The Morgan fingerprint density at radius 3 is 1.07 bits per heavy atom. The molecule has 2 N–H and O–H groups in total. The molecule has 19 aromatic rings. The summed E-state index contributed by atoms with van der Waals surface area (Å²) in [6, 6.07) is 139. The maximum Gasteiger partial charge on any atom is 0.489 e. The molecule has 5 heteroatoms. The molecular weight excluding hydrogens is 1380 g/mol. The van der Waals surface area contributed by atoms with Crippen molar-refractivity contribution in [3.63, 3.8) is 0 Å². The zero-order valence-corrected chi connectivity index (χ0v) is 60.5. The van der Waals surface area contributed by atoms with Gasteiger partial charge in [-0.25, -0.2) is 0 Å². The minimum Gasteiger partial charge on any atom is -0.455 e. The highest BCUT2D eigenvalue weighted by molar-refractivity contribution is 9.10. The molecule has 0 bridgehead atoms. The predicted molar refractivity (Wildman–Crippen MR) is 453 cm³/mol. The number of furan rings is 1. The summed E-state index contributed by atoms with van der Waals surface area (Å²) in [5, 5.41) is 30.9. The van der Waals surface area contributed by atoms with Crippen LogP contribution in [0.3, 0.4) is 0 Å². The number of fused-ring (bicyclic) bond motifs is 18. The van der Waals surface area contributed by atoms with Crippen LogP contribution in [0.15, 0.2) is 397 Å². The van der Waals surface area contributed by atoms with E-state index in [9.17, 15) is 10.0 Å². The Balaban J connectivity index is 0.000000117. The number of rotatable bonds is 8. The van der Waals surface area contributed by atoms with Crippen LogP contribution in [0.1, 0.15) is 55.6 Å². The average molecular weight is 1440 g/mol. The molecule has 508 valence electrons. The lowest BCUT2D eigenvalue weighted by molar-refractivity contribution is 0.426. The molecule has 18 aromatic carbocycles. The third-order valence-electron chi connectivity index (χ3n) is 23.1. The van der Waals surface area contributed by atoms with Gasteiger partial charge in [-0.15, -0.1) is 0 Å². The standard InChI is InChI=1S/C51H32O.C32H21Br.C20H15BO2/c1-4-18-33(19-5-1)46-36-24-10-12-26-38(36)47(39-27-13-11-25-37(39)46)42-32-44-49(50-48(42)41-29-15-17-31-45(41)52-50)40-28-14-16-30-43(40)51(44,34-20-6-2-7-21-34)35-22-8-3-9-23-35;33-29-20-28-30(26-19-21-11-7-8-16-24(21)31(26)29)25-17-9-10-18-27(25)32(28,22-12-3-1-4-13-22)23-14-5-2-6-15-23;22-21(23)20-17-12-6-4-10-15(17)19(14-8-2-1-3-9-14)16-11-5-7-13-18(16)20/h1-32H;1-18,20H,19H2;1-13,22-23H. The van der Waals surface area contributed by atoms with Gasteiger partial charge in [0.15, 0.2) is 0 Å². The second-order valence-corrected chi connectivity index (χ2v) is 29.4. The summed E-state index contributed by atoms with van der Waals surface area (Å²) in [5.74, 6) is 0. The van der Waals surface area contributed by atoms with Crippen LogP contribution in [-0.4, -0.2) is 17.2 Å². The number of para-hydroxylation sites is 1. The van der Waals surface area contributed by atoms with Gasteiger partial charge in [-0.2, -0.15) is 0 Å². The van der Waals surface area contributed by atoms with E-state index in [0.29, 0.717) is 5.46 Å². The van der Waals surface area contributed by atoms with E-state index in [0.717, 1.165) is 61.0 Å². The van der Waals surface area contributed by atoms with E-state index < -0.39 is 12.5 Å². The molecule has 0 aliphatic heterocycles. The summed E-state index contributed by atoms with van der Waals surface area (Å²) in [6.07, 6.45) is 0.973. The first-order valence-corrected chi connectivity index (χ1v) is 37.9. The van der Waals surface area contributed by atoms with Crippen molar-refractivity contribution in [3.8, 4) is 66.8 Å². The number of benzene rings is 18. The van der Waals surface area contributed by atoms with Crippen molar-refractivity contribution < 1.29 is 14.5 Å². The van der Waals surface area contributed by atoms with E-state index >= 15 is 0 Å². The summed E-state index contributed by atoms with van der Waals surface area (Å²) < 4.78 is 8.28. The van der Waals surface area contributed by atoms with Crippen LogP contribution in [-0.2, 0) is 17.3 Å². The first-order valence-electron chi connectivity index (χ1n) is 37.1. The quantitative estimate of drug-likeness (QED) is 0.118. The Kier molecular flexibility index (Phi) is 15.8. The van der Waals surface area contributed by atoms with Crippen molar-refractivity contribution >= 4 is 93.5 Å². The van der Waals surface area contributed by atoms with Crippen LogP contribution in [0.25, 0.3) is 132 Å². The first-order chi connectivity index (χ1) is 53.4. The monoisotopic (exact) mass is 1440 g/mol. The fourth-order valence-corrected chi connectivity index (χ4v) is 19.6. The van der Waals surface area contributed by atoms with Crippen LogP contribution in [0.2, 0.25) is 0 Å². The number of hydrogen-bond acceptors (Lipinski definition) is 3. The van der Waals surface area contributed by atoms with Gasteiger partial charge in [-0.05, 0) is 184 Å². The topological polar surface area (TPSA) is 53.6 Å². The minimum atomic E-state index is -1.50. The SMILES string of the molecule is Brc1cc2c(c3c1-c1ccccc1C3)-c1ccccc1C2(c1ccccc1)c1ccccc1.OB(O)c1c2ccccc2c(-c2ccccc2)c2ccccc12.c1ccc(-c2c3ccccc3c(-c3cc4c(c5oc6ccccc6c35)-c3ccccc3C4(c3ccccc3)c3ccccc3)c3ccccc23)cc1. The van der Waals surface area contributed by atoms with Gasteiger partial charge in [-0.3, -0.25) is 0 Å². The van der Waals surface area contributed by atoms with E-state index in [1.165, 1.54) is 137 Å². The van der Waals surface area contributed by atoms with Crippen molar-refractivity contribution in [3.05, 3.63) is 448 Å². The summed E-state index contributed by atoms with van der Waals surface area (Å²) in [5.41, 5.74) is 29.7. The van der Waals surface area contributed by atoms with E-state index in [4.69, 9.17) is 4.42 Å².